The van der Waals surface area contributed by atoms with E-state index in [4.69, 9.17) is 9.84 Å². The maximum Gasteiger partial charge on any atom is 0.416 e. The number of hydrogen-bond acceptors (Lipinski definition) is 3. The number of aliphatic hydroxyl groups is 1. The molecule has 0 aromatic rings. The number of rotatable bonds is 3. The van der Waals surface area contributed by atoms with Crippen molar-refractivity contribution in [3.05, 3.63) is 0 Å². The maximum absolute atomic E-state index is 12.4. The van der Waals surface area contributed by atoms with E-state index in [2.05, 4.69) is 10.3 Å². The molecule has 0 bridgehead atoms. The summed E-state index contributed by atoms with van der Waals surface area (Å²) in [5, 5.41) is 12.1. The monoisotopic (exact) mass is 451 g/mol. The third-order valence-corrected chi connectivity index (χ3v) is 4.42. The molecule has 9 heteroatoms. The molecule has 0 aliphatic carbocycles. The lowest BCUT2D eigenvalue weighted by molar-refractivity contribution is -0.199. The summed E-state index contributed by atoms with van der Waals surface area (Å²) in [4.78, 5) is 5.97. The van der Waals surface area contributed by atoms with Gasteiger partial charge < -0.3 is 20.1 Å². The van der Waals surface area contributed by atoms with Gasteiger partial charge in [0, 0.05) is 32.8 Å². The topological polar surface area (TPSA) is 57.1 Å². The van der Waals surface area contributed by atoms with Crippen molar-refractivity contribution >= 4 is 29.9 Å². The fourth-order valence-electron chi connectivity index (χ4n) is 3.03. The first-order chi connectivity index (χ1) is 10.4. The van der Waals surface area contributed by atoms with Crippen LogP contribution in [0.1, 0.15) is 26.2 Å². The molecule has 1 atom stereocenters. The molecular formula is C14H25F3IN3O2. The third kappa shape index (κ3) is 5.63. The van der Waals surface area contributed by atoms with Crippen LogP contribution < -0.4 is 5.32 Å². The summed E-state index contributed by atoms with van der Waals surface area (Å²) >= 11 is 0. The van der Waals surface area contributed by atoms with Crippen LogP contribution in [0.5, 0.6) is 0 Å². The first-order valence-corrected chi connectivity index (χ1v) is 7.72. The van der Waals surface area contributed by atoms with Gasteiger partial charge in [0.1, 0.15) is 0 Å². The molecule has 2 aliphatic heterocycles. The number of likely N-dealkylation sites (tertiary alicyclic amines) is 1. The first kappa shape index (κ1) is 20.8. The van der Waals surface area contributed by atoms with Crippen LogP contribution in [0.25, 0.3) is 0 Å². The molecule has 0 saturated carbocycles. The Hall–Kier alpha value is -0.290. The average molecular weight is 451 g/mol. The van der Waals surface area contributed by atoms with Crippen molar-refractivity contribution in [2.24, 2.45) is 10.4 Å². The largest absolute Gasteiger partial charge is 0.416 e. The molecule has 0 radical (unpaired) electrons. The summed E-state index contributed by atoms with van der Waals surface area (Å²) in [7, 11) is 0. The molecule has 2 heterocycles. The van der Waals surface area contributed by atoms with Crippen LogP contribution in [0.2, 0.25) is 0 Å². The van der Waals surface area contributed by atoms with Gasteiger partial charge in [-0.15, -0.1) is 24.0 Å². The van der Waals surface area contributed by atoms with Gasteiger partial charge in [-0.1, -0.05) is 0 Å². The van der Waals surface area contributed by atoms with Gasteiger partial charge in [-0.05, 0) is 31.6 Å². The minimum Gasteiger partial charge on any atom is -0.382 e. The second-order valence-electron chi connectivity index (χ2n) is 6.04. The van der Waals surface area contributed by atoms with Gasteiger partial charge in [-0.25, -0.2) is 0 Å². The predicted octanol–water partition coefficient (Wildman–Crippen LogP) is 2.00. The Balaban J connectivity index is 0.00000264. The number of nitrogens with one attached hydrogen (secondary N) is 1. The summed E-state index contributed by atoms with van der Waals surface area (Å²) in [5.74, 6) is 0.453. The van der Waals surface area contributed by atoms with Crippen LogP contribution in [-0.2, 0) is 4.74 Å². The van der Waals surface area contributed by atoms with E-state index < -0.39 is 18.8 Å². The van der Waals surface area contributed by atoms with Crippen LogP contribution in [0.3, 0.4) is 0 Å². The van der Waals surface area contributed by atoms with Crippen molar-refractivity contribution in [2.45, 2.75) is 38.5 Å². The fraction of sp³-hybridized carbons (Fsp3) is 0.929. The summed E-state index contributed by atoms with van der Waals surface area (Å²) in [6.07, 6.45) is -4.08. The number of aliphatic imine (C=N–C) groups is 1. The number of nitrogens with zero attached hydrogens (tertiary/aromatic N) is 2. The van der Waals surface area contributed by atoms with Crippen LogP contribution in [0, 0.1) is 5.41 Å². The minimum absolute atomic E-state index is 0. The van der Waals surface area contributed by atoms with Crippen molar-refractivity contribution in [2.75, 3.05) is 39.4 Å². The molecule has 1 spiro atoms. The number of ether oxygens (including phenoxy) is 1. The highest BCUT2D eigenvalue weighted by Crippen LogP contribution is 2.39. The summed E-state index contributed by atoms with van der Waals surface area (Å²) in [6, 6.07) is 0. The predicted molar refractivity (Wildman–Crippen MR) is 92.1 cm³/mol. The summed E-state index contributed by atoms with van der Waals surface area (Å²) in [5.41, 5.74) is 0.192. The number of alkyl halides is 3. The Morgan fingerprint density at radius 3 is 2.57 bits per heavy atom. The first-order valence-electron chi connectivity index (χ1n) is 7.72. The molecule has 2 N–H and O–H groups in total. The lowest BCUT2D eigenvalue weighted by atomic mass is 9.80. The van der Waals surface area contributed by atoms with E-state index in [1.165, 1.54) is 0 Å². The minimum atomic E-state index is -4.63. The van der Waals surface area contributed by atoms with E-state index in [0.717, 1.165) is 45.6 Å². The maximum atomic E-state index is 12.4. The molecule has 0 amide bonds. The smallest absolute Gasteiger partial charge is 0.382 e. The zero-order valence-corrected chi connectivity index (χ0v) is 15.6. The Kier molecular flexibility index (Phi) is 7.85. The van der Waals surface area contributed by atoms with Crippen molar-refractivity contribution in [3.63, 3.8) is 0 Å². The van der Waals surface area contributed by atoms with E-state index in [9.17, 15) is 13.2 Å². The van der Waals surface area contributed by atoms with Gasteiger partial charge in [0.2, 0.25) is 0 Å². The molecule has 1 unspecified atom stereocenters. The molecule has 2 saturated heterocycles. The van der Waals surface area contributed by atoms with Crippen molar-refractivity contribution in [3.8, 4) is 0 Å². The van der Waals surface area contributed by atoms with Crippen LogP contribution in [0.4, 0.5) is 13.2 Å². The van der Waals surface area contributed by atoms with Gasteiger partial charge in [-0.2, -0.15) is 13.2 Å². The second kappa shape index (κ2) is 8.70. The van der Waals surface area contributed by atoms with Gasteiger partial charge in [0.25, 0.3) is 0 Å². The standard InChI is InChI=1S/C14H24F3N3O2.HI/c1-2-18-12(19-9-11(21)14(15,16)17)20-6-3-13(10-20)4-7-22-8-5-13;/h11,21H,2-10H2,1H3,(H,18,19);1H. The fourth-order valence-corrected chi connectivity index (χ4v) is 3.03. The number of guanidine groups is 1. The zero-order chi connectivity index (χ0) is 16.2. The molecule has 2 fully saturated rings. The van der Waals surface area contributed by atoms with Gasteiger partial charge in [0.15, 0.2) is 12.1 Å². The molecule has 2 aliphatic rings. The van der Waals surface area contributed by atoms with E-state index in [1.807, 2.05) is 11.8 Å². The molecule has 2 rings (SSSR count). The number of aliphatic hydroxyl groups excluding tert-OH is 1. The summed E-state index contributed by atoms with van der Waals surface area (Å²) < 4.78 is 42.5. The van der Waals surface area contributed by atoms with Crippen molar-refractivity contribution in [1.82, 2.24) is 10.2 Å². The van der Waals surface area contributed by atoms with Crippen molar-refractivity contribution in [1.29, 1.82) is 0 Å². The Morgan fingerprint density at radius 2 is 2.00 bits per heavy atom. The Labute approximate surface area is 151 Å². The average Bonchev–Trinajstić information content (AvgIpc) is 2.86. The Morgan fingerprint density at radius 1 is 1.35 bits per heavy atom. The van der Waals surface area contributed by atoms with E-state index in [0.29, 0.717) is 12.5 Å². The van der Waals surface area contributed by atoms with Crippen LogP contribution >= 0.6 is 24.0 Å². The second-order valence-corrected chi connectivity index (χ2v) is 6.04. The highest BCUT2D eigenvalue weighted by molar-refractivity contribution is 14.0. The number of hydrogen-bond donors (Lipinski definition) is 2. The van der Waals surface area contributed by atoms with E-state index >= 15 is 0 Å². The third-order valence-electron chi connectivity index (χ3n) is 4.42. The molecule has 23 heavy (non-hydrogen) atoms. The molecule has 136 valence electrons. The molecule has 5 nitrogen and oxygen atoms in total. The normalized spacial score (nSPS) is 22.8. The highest BCUT2D eigenvalue weighted by Gasteiger charge is 2.41. The highest BCUT2D eigenvalue weighted by atomic mass is 127. The van der Waals surface area contributed by atoms with Gasteiger partial charge >= 0.3 is 6.18 Å². The van der Waals surface area contributed by atoms with E-state index in [-0.39, 0.29) is 29.4 Å². The van der Waals surface area contributed by atoms with Gasteiger partial charge in [0.05, 0.1) is 6.54 Å². The van der Waals surface area contributed by atoms with Gasteiger partial charge in [-0.3, -0.25) is 4.99 Å². The van der Waals surface area contributed by atoms with Crippen molar-refractivity contribution < 1.29 is 23.0 Å². The lowest BCUT2D eigenvalue weighted by Gasteiger charge is -2.33. The lowest BCUT2D eigenvalue weighted by Crippen LogP contribution is -2.43. The zero-order valence-electron chi connectivity index (χ0n) is 13.2. The molecule has 0 aromatic heterocycles. The SMILES string of the molecule is CCNC(=NCC(O)C(F)(F)F)N1CCC2(CCOCC2)C1.I. The quantitative estimate of drug-likeness (QED) is 0.392. The molecular weight excluding hydrogens is 426 g/mol. The van der Waals surface area contributed by atoms with Crippen LogP contribution in [0.15, 0.2) is 4.99 Å². The van der Waals surface area contributed by atoms with Crippen LogP contribution in [-0.4, -0.2) is 67.6 Å². The molecule has 0 aromatic carbocycles. The Bertz CT molecular complexity index is 401. The number of halogens is 4. The summed E-state index contributed by atoms with van der Waals surface area (Å²) in [6.45, 7) is 4.82. The van der Waals surface area contributed by atoms with E-state index in [1.54, 1.807) is 0 Å².